The van der Waals surface area contributed by atoms with E-state index in [4.69, 9.17) is 17.3 Å². The first-order valence-corrected chi connectivity index (χ1v) is 9.30. The van der Waals surface area contributed by atoms with Crippen molar-refractivity contribution in [2.45, 2.75) is 39.2 Å². The van der Waals surface area contributed by atoms with Gasteiger partial charge in [-0.15, -0.1) is 0 Å². The Balaban J connectivity index is 2.04. The highest BCUT2D eigenvalue weighted by Gasteiger charge is 2.31. The summed E-state index contributed by atoms with van der Waals surface area (Å²) in [5.41, 5.74) is 5.81. The molecule has 0 unspecified atom stereocenters. The van der Waals surface area contributed by atoms with Crippen LogP contribution in [0.15, 0.2) is 24.3 Å². The van der Waals surface area contributed by atoms with Gasteiger partial charge in [0, 0.05) is 29.6 Å². The average Bonchev–Trinajstić information content (AvgIpc) is 2.60. The lowest BCUT2D eigenvalue weighted by atomic mass is 9.95. The van der Waals surface area contributed by atoms with E-state index in [0.717, 1.165) is 0 Å². The number of nitrogens with two attached hydrogens (primary N) is 1. The Kier molecular flexibility index (Phi) is 7.03. The van der Waals surface area contributed by atoms with E-state index in [2.05, 4.69) is 5.32 Å². The van der Waals surface area contributed by atoms with Crippen LogP contribution in [0.25, 0.3) is 0 Å². The fourth-order valence-corrected chi connectivity index (χ4v) is 3.27. The van der Waals surface area contributed by atoms with E-state index >= 15 is 0 Å². The molecule has 0 aromatic heterocycles. The van der Waals surface area contributed by atoms with E-state index in [1.807, 2.05) is 13.8 Å². The molecule has 0 radical (unpaired) electrons. The topological polar surface area (TPSA) is 92.5 Å². The number of primary amides is 1. The molecule has 1 aliphatic heterocycles. The largest absolute Gasteiger partial charge is 0.369 e. The van der Waals surface area contributed by atoms with Crippen molar-refractivity contribution in [2.24, 2.45) is 17.6 Å². The van der Waals surface area contributed by atoms with Gasteiger partial charge in [-0.2, -0.15) is 0 Å². The smallest absolute Gasteiger partial charge is 0.251 e. The van der Waals surface area contributed by atoms with Crippen LogP contribution < -0.4 is 11.1 Å². The van der Waals surface area contributed by atoms with Crippen LogP contribution in [0.2, 0.25) is 5.02 Å². The normalized spacial score (nSPS) is 16.4. The summed E-state index contributed by atoms with van der Waals surface area (Å²) in [5, 5.41) is 3.40. The molecule has 1 saturated heterocycles. The van der Waals surface area contributed by atoms with Gasteiger partial charge in [0.25, 0.3) is 5.91 Å². The van der Waals surface area contributed by atoms with E-state index < -0.39 is 6.04 Å². The summed E-state index contributed by atoms with van der Waals surface area (Å²) in [6.45, 7) is 4.98. The Morgan fingerprint density at radius 1 is 1.19 bits per heavy atom. The quantitative estimate of drug-likeness (QED) is 0.793. The van der Waals surface area contributed by atoms with Crippen LogP contribution in [0.4, 0.5) is 0 Å². The lowest BCUT2D eigenvalue weighted by molar-refractivity contribution is -0.137. The predicted octanol–water partition coefficient (Wildman–Crippen LogP) is 2.21. The summed E-state index contributed by atoms with van der Waals surface area (Å²) in [4.78, 5) is 38.4. The highest BCUT2D eigenvalue weighted by atomic mass is 35.5. The number of likely N-dealkylation sites (tertiary alicyclic amines) is 1. The molecule has 1 aliphatic rings. The molecule has 0 bridgehead atoms. The summed E-state index contributed by atoms with van der Waals surface area (Å²) in [6.07, 6.45) is 1.69. The van der Waals surface area contributed by atoms with Gasteiger partial charge in [-0.3, -0.25) is 14.4 Å². The number of nitrogens with zero attached hydrogens (tertiary/aromatic N) is 1. The van der Waals surface area contributed by atoms with Gasteiger partial charge in [0.1, 0.15) is 6.04 Å². The molecular weight excluding hydrogens is 354 g/mol. The van der Waals surface area contributed by atoms with Gasteiger partial charge in [0.15, 0.2) is 0 Å². The Morgan fingerprint density at radius 3 is 2.27 bits per heavy atom. The second-order valence-electron chi connectivity index (χ2n) is 7.16. The monoisotopic (exact) mass is 379 g/mol. The molecule has 0 spiro atoms. The van der Waals surface area contributed by atoms with E-state index in [1.165, 1.54) is 0 Å². The van der Waals surface area contributed by atoms with Crippen molar-refractivity contribution in [3.63, 3.8) is 0 Å². The molecule has 1 fully saturated rings. The molecule has 1 aromatic rings. The number of carbonyl (C=O) groups is 3. The van der Waals surface area contributed by atoms with Crippen LogP contribution in [-0.4, -0.2) is 41.8 Å². The minimum atomic E-state index is -0.594. The SMILES string of the molecule is CC(C)C[C@H](NC(=O)c1ccc(Cl)cc1)C(=O)N1CCC(C(N)=O)CC1. The maximum absolute atomic E-state index is 12.9. The zero-order chi connectivity index (χ0) is 19.3. The molecule has 6 nitrogen and oxygen atoms in total. The molecule has 142 valence electrons. The number of rotatable bonds is 6. The molecule has 1 aromatic carbocycles. The van der Waals surface area contributed by atoms with E-state index in [0.29, 0.717) is 42.9 Å². The van der Waals surface area contributed by atoms with Crippen LogP contribution >= 0.6 is 11.6 Å². The van der Waals surface area contributed by atoms with Crippen molar-refractivity contribution < 1.29 is 14.4 Å². The Hall–Kier alpha value is -2.08. The predicted molar refractivity (Wildman–Crippen MR) is 101 cm³/mol. The van der Waals surface area contributed by atoms with Gasteiger partial charge in [-0.05, 0) is 49.4 Å². The first-order chi connectivity index (χ1) is 12.3. The molecule has 1 heterocycles. The van der Waals surface area contributed by atoms with Crippen molar-refractivity contribution in [3.8, 4) is 0 Å². The van der Waals surface area contributed by atoms with Crippen molar-refractivity contribution in [3.05, 3.63) is 34.9 Å². The summed E-state index contributed by atoms with van der Waals surface area (Å²) < 4.78 is 0. The number of carbonyl (C=O) groups excluding carboxylic acids is 3. The van der Waals surface area contributed by atoms with Gasteiger partial charge < -0.3 is 16.0 Å². The summed E-state index contributed by atoms with van der Waals surface area (Å²) in [6, 6.07) is 5.96. The number of hydrogen-bond donors (Lipinski definition) is 2. The molecular formula is C19H26ClN3O3. The van der Waals surface area contributed by atoms with Gasteiger partial charge in [-0.25, -0.2) is 0 Å². The van der Waals surface area contributed by atoms with Crippen molar-refractivity contribution in [1.29, 1.82) is 0 Å². The van der Waals surface area contributed by atoms with Gasteiger partial charge in [0.05, 0.1) is 0 Å². The van der Waals surface area contributed by atoms with Gasteiger partial charge in [0.2, 0.25) is 11.8 Å². The Morgan fingerprint density at radius 2 is 1.77 bits per heavy atom. The number of halogens is 1. The molecule has 3 amide bonds. The number of amides is 3. The third kappa shape index (κ3) is 5.46. The first kappa shape index (κ1) is 20.2. The van der Waals surface area contributed by atoms with Crippen LogP contribution in [-0.2, 0) is 9.59 Å². The molecule has 2 rings (SSSR count). The number of hydrogen-bond acceptors (Lipinski definition) is 3. The average molecular weight is 380 g/mol. The second kappa shape index (κ2) is 9.03. The third-order valence-electron chi connectivity index (χ3n) is 4.63. The molecule has 0 aliphatic carbocycles. The number of nitrogens with one attached hydrogen (secondary N) is 1. The summed E-state index contributed by atoms with van der Waals surface area (Å²) in [7, 11) is 0. The first-order valence-electron chi connectivity index (χ1n) is 8.92. The lowest BCUT2D eigenvalue weighted by Gasteiger charge is -2.33. The zero-order valence-corrected chi connectivity index (χ0v) is 16.0. The third-order valence-corrected chi connectivity index (χ3v) is 4.88. The molecule has 0 saturated carbocycles. The maximum Gasteiger partial charge on any atom is 0.251 e. The van der Waals surface area contributed by atoms with Crippen LogP contribution in [0.5, 0.6) is 0 Å². The minimum absolute atomic E-state index is 0.107. The fraction of sp³-hybridized carbons (Fsp3) is 0.526. The van der Waals surface area contributed by atoms with E-state index in [-0.39, 0.29) is 29.6 Å². The molecule has 1 atom stereocenters. The Labute approximate surface area is 159 Å². The summed E-state index contributed by atoms with van der Waals surface area (Å²) in [5.74, 6) is -0.646. The summed E-state index contributed by atoms with van der Waals surface area (Å²) >= 11 is 5.85. The zero-order valence-electron chi connectivity index (χ0n) is 15.2. The van der Waals surface area contributed by atoms with Crippen LogP contribution in [0.3, 0.4) is 0 Å². The van der Waals surface area contributed by atoms with Crippen molar-refractivity contribution >= 4 is 29.3 Å². The molecule has 3 N–H and O–H groups in total. The number of piperidine rings is 1. The minimum Gasteiger partial charge on any atom is -0.369 e. The van der Waals surface area contributed by atoms with E-state index in [1.54, 1.807) is 29.2 Å². The Bertz CT molecular complexity index is 652. The van der Waals surface area contributed by atoms with Gasteiger partial charge >= 0.3 is 0 Å². The van der Waals surface area contributed by atoms with Crippen molar-refractivity contribution in [1.82, 2.24) is 10.2 Å². The highest BCUT2D eigenvalue weighted by Crippen LogP contribution is 2.19. The highest BCUT2D eigenvalue weighted by molar-refractivity contribution is 6.30. The van der Waals surface area contributed by atoms with Gasteiger partial charge in [-0.1, -0.05) is 25.4 Å². The molecule has 26 heavy (non-hydrogen) atoms. The standard InChI is InChI=1S/C19H26ClN3O3/c1-12(2)11-16(22-18(25)14-3-5-15(20)6-4-14)19(26)23-9-7-13(8-10-23)17(21)24/h3-6,12-13,16H,7-11H2,1-2H3,(H2,21,24)(H,22,25)/t16-/m0/s1. The van der Waals surface area contributed by atoms with Crippen LogP contribution in [0, 0.1) is 11.8 Å². The second-order valence-corrected chi connectivity index (χ2v) is 7.60. The van der Waals surface area contributed by atoms with E-state index in [9.17, 15) is 14.4 Å². The fourth-order valence-electron chi connectivity index (χ4n) is 3.14. The lowest BCUT2D eigenvalue weighted by Crippen LogP contribution is -2.52. The maximum atomic E-state index is 12.9. The number of benzene rings is 1. The van der Waals surface area contributed by atoms with Crippen LogP contribution in [0.1, 0.15) is 43.5 Å². The molecule has 7 heteroatoms. The van der Waals surface area contributed by atoms with Crippen molar-refractivity contribution in [2.75, 3.05) is 13.1 Å².